The van der Waals surface area contributed by atoms with Gasteiger partial charge in [-0.1, -0.05) is 12.2 Å². The molecule has 0 fully saturated rings. The number of halogens is 1. The van der Waals surface area contributed by atoms with E-state index in [4.69, 9.17) is 5.73 Å². The van der Waals surface area contributed by atoms with Gasteiger partial charge >= 0.3 is 0 Å². The molecule has 0 aromatic heterocycles. The van der Waals surface area contributed by atoms with Crippen LogP contribution < -0.4 is 5.73 Å². The second-order valence-electron chi connectivity index (χ2n) is 2.39. The molecule has 0 atom stereocenters. The molecule has 0 bridgehead atoms. The van der Waals surface area contributed by atoms with Crippen LogP contribution in [0, 0.1) is 5.92 Å². The van der Waals surface area contributed by atoms with Gasteiger partial charge in [0.25, 0.3) is 0 Å². The normalized spacial score (nSPS) is 17.9. The zero-order valence-corrected chi connectivity index (χ0v) is 6.36. The maximum atomic E-state index is 5.38. The molecule has 54 valence electrons. The van der Waals surface area contributed by atoms with Gasteiger partial charge < -0.3 is 5.73 Å². The maximum Gasteiger partial charge on any atom is -0.00744 e. The van der Waals surface area contributed by atoms with Gasteiger partial charge in [-0.3, -0.25) is 0 Å². The molecule has 0 heterocycles. The minimum atomic E-state index is 0. The first-order valence-corrected chi connectivity index (χ1v) is 3.28. The first kappa shape index (κ1) is 8.99. The van der Waals surface area contributed by atoms with Gasteiger partial charge in [0.2, 0.25) is 0 Å². The van der Waals surface area contributed by atoms with Crippen LogP contribution in [0.2, 0.25) is 0 Å². The lowest BCUT2D eigenvalue weighted by Gasteiger charge is -2.03. The van der Waals surface area contributed by atoms with Crippen LogP contribution in [-0.2, 0) is 0 Å². The van der Waals surface area contributed by atoms with Crippen molar-refractivity contribution >= 4 is 12.4 Å². The highest BCUT2D eigenvalue weighted by Crippen LogP contribution is 2.19. The van der Waals surface area contributed by atoms with E-state index < -0.39 is 0 Å². The molecular formula is C7H14ClN. The van der Waals surface area contributed by atoms with Gasteiger partial charge in [0.1, 0.15) is 0 Å². The fourth-order valence-electron chi connectivity index (χ4n) is 1.14. The Hall–Kier alpha value is -0.0100. The molecule has 0 saturated carbocycles. The molecule has 9 heavy (non-hydrogen) atoms. The van der Waals surface area contributed by atoms with Crippen LogP contribution >= 0.6 is 12.4 Å². The molecule has 0 radical (unpaired) electrons. The predicted molar refractivity (Wildman–Crippen MR) is 42.8 cm³/mol. The summed E-state index contributed by atoms with van der Waals surface area (Å²) in [5.41, 5.74) is 5.38. The van der Waals surface area contributed by atoms with Crippen LogP contribution in [0.1, 0.15) is 19.3 Å². The van der Waals surface area contributed by atoms with E-state index in [1.807, 2.05) is 0 Å². The first-order chi connectivity index (χ1) is 3.93. The van der Waals surface area contributed by atoms with E-state index in [-0.39, 0.29) is 12.4 Å². The highest BCUT2D eigenvalue weighted by atomic mass is 35.5. The Labute approximate surface area is 62.7 Å². The summed E-state index contributed by atoms with van der Waals surface area (Å²) >= 11 is 0. The Morgan fingerprint density at radius 1 is 1.33 bits per heavy atom. The lowest BCUT2D eigenvalue weighted by atomic mass is 10.0. The standard InChI is InChI=1S/C7H13N.ClH/c8-6-5-7-3-1-2-4-7;/h1-2,7H,3-6,8H2;1H. The van der Waals surface area contributed by atoms with E-state index >= 15 is 0 Å². The van der Waals surface area contributed by atoms with Crippen molar-refractivity contribution in [1.29, 1.82) is 0 Å². The van der Waals surface area contributed by atoms with Crippen molar-refractivity contribution in [1.82, 2.24) is 0 Å². The zero-order chi connectivity index (χ0) is 5.82. The third-order valence-electron chi connectivity index (χ3n) is 1.68. The number of rotatable bonds is 2. The van der Waals surface area contributed by atoms with Crippen molar-refractivity contribution < 1.29 is 0 Å². The van der Waals surface area contributed by atoms with Gasteiger partial charge in [-0.15, -0.1) is 12.4 Å². The van der Waals surface area contributed by atoms with E-state index in [9.17, 15) is 0 Å². The summed E-state index contributed by atoms with van der Waals surface area (Å²) in [5, 5.41) is 0. The average Bonchev–Trinajstić information content (AvgIpc) is 2.19. The number of nitrogens with two attached hydrogens (primary N) is 1. The van der Waals surface area contributed by atoms with Crippen LogP contribution in [0.25, 0.3) is 0 Å². The quantitative estimate of drug-likeness (QED) is 0.592. The summed E-state index contributed by atoms with van der Waals surface area (Å²) in [6, 6.07) is 0. The van der Waals surface area contributed by atoms with Crippen molar-refractivity contribution in [3.8, 4) is 0 Å². The van der Waals surface area contributed by atoms with Crippen LogP contribution in [0.3, 0.4) is 0 Å². The average molecular weight is 148 g/mol. The molecule has 2 N–H and O–H groups in total. The number of hydrogen-bond donors (Lipinski definition) is 1. The molecule has 1 aliphatic rings. The van der Waals surface area contributed by atoms with Crippen molar-refractivity contribution in [2.45, 2.75) is 19.3 Å². The van der Waals surface area contributed by atoms with E-state index in [0.29, 0.717) is 0 Å². The van der Waals surface area contributed by atoms with Gasteiger partial charge in [0.15, 0.2) is 0 Å². The van der Waals surface area contributed by atoms with Crippen LogP contribution in [0.15, 0.2) is 12.2 Å². The Morgan fingerprint density at radius 2 is 1.89 bits per heavy atom. The van der Waals surface area contributed by atoms with Gasteiger partial charge in [-0.2, -0.15) is 0 Å². The van der Waals surface area contributed by atoms with Gasteiger partial charge in [0, 0.05) is 0 Å². The second kappa shape index (κ2) is 4.83. The molecule has 1 nitrogen and oxygen atoms in total. The molecule has 2 heteroatoms. The molecule has 1 aliphatic carbocycles. The van der Waals surface area contributed by atoms with E-state index in [1.54, 1.807) is 0 Å². The molecule has 0 amide bonds. The van der Waals surface area contributed by atoms with Crippen molar-refractivity contribution in [3.05, 3.63) is 12.2 Å². The zero-order valence-electron chi connectivity index (χ0n) is 5.55. The Balaban J connectivity index is 0.000000640. The molecule has 0 aromatic carbocycles. The molecular weight excluding hydrogens is 134 g/mol. The number of hydrogen-bond acceptors (Lipinski definition) is 1. The summed E-state index contributed by atoms with van der Waals surface area (Å²) in [6.45, 7) is 0.854. The van der Waals surface area contributed by atoms with Gasteiger partial charge in [-0.25, -0.2) is 0 Å². The lowest BCUT2D eigenvalue weighted by molar-refractivity contribution is 0.529. The van der Waals surface area contributed by atoms with Crippen molar-refractivity contribution in [2.24, 2.45) is 11.7 Å². The summed E-state index contributed by atoms with van der Waals surface area (Å²) in [4.78, 5) is 0. The maximum absolute atomic E-state index is 5.38. The van der Waals surface area contributed by atoms with Crippen LogP contribution in [0.5, 0.6) is 0 Å². The third-order valence-corrected chi connectivity index (χ3v) is 1.68. The molecule has 0 spiro atoms. The summed E-state index contributed by atoms with van der Waals surface area (Å²) in [5.74, 6) is 0.875. The minimum Gasteiger partial charge on any atom is -0.330 e. The molecule has 0 saturated heterocycles. The van der Waals surface area contributed by atoms with Crippen LogP contribution in [0.4, 0.5) is 0 Å². The topological polar surface area (TPSA) is 26.0 Å². The van der Waals surface area contributed by atoms with E-state index in [2.05, 4.69) is 12.2 Å². The smallest absolute Gasteiger partial charge is 0.00744 e. The second-order valence-corrected chi connectivity index (χ2v) is 2.39. The predicted octanol–water partition coefficient (Wildman–Crippen LogP) is 1.72. The lowest BCUT2D eigenvalue weighted by Crippen LogP contribution is -2.05. The first-order valence-electron chi connectivity index (χ1n) is 3.28. The molecule has 0 aromatic rings. The highest BCUT2D eigenvalue weighted by molar-refractivity contribution is 5.85. The third kappa shape index (κ3) is 2.87. The minimum absolute atomic E-state index is 0. The van der Waals surface area contributed by atoms with E-state index in [1.165, 1.54) is 19.3 Å². The Bertz CT molecular complexity index is 82.9. The summed E-state index contributed by atoms with van der Waals surface area (Å²) in [6.07, 6.45) is 8.22. The van der Waals surface area contributed by atoms with E-state index in [0.717, 1.165) is 12.5 Å². The van der Waals surface area contributed by atoms with Gasteiger partial charge in [0.05, 0.1) is 0 Å². The van der Waals surface area contributed by atoms with Gasteiger partial charge in [-0.05, 0) is 31.7 Å². The monoisotopic (exact) mass is 147 g/mol. The molecule has 1 rings (SSSR count). The van der Waals surface area contributed by atoms with Crippen molar-refractivity contribution in [2.75, 3.05) is 6.54 Å². The largest absolute Gasteiger partial charge is 0.330 e. The highest BCUT2D eigenvalue weighted by Gasteiger charge is 2.07. The van der Waals surface area contributed by atoms with Crippen molar-refractivity contribution in [3.63, 3.8) is 0 Å². The summed E-state index contributed by atoms with van der Waals surface area (Å²) < 4.78 is 0. The summed E-state index contributed by atoms with van der Waals surface area (Å²) in [7, 11) is 0. The Morgan fingerprint density at radius 3 is 2.33 bits per heavy atom. The fraction of sp³-hybridized carbons (Fsp3) is 0.714. The SMILES string of the molecule is Cl.NCCC1CC=CC1. The van der Waals surface area contributed by atoms with Crippen LogP contribution in [-0.4, -0.2) is 6.54 Å². The fourth-order valence-corrected chi connectivity index (χ4v) is 1.14. The Kier molecular flexibility index (Phi) is 4.83. The molecule has 0 unspecified atom stereocenters. The number of allylic oxidation sites excluding steroid dienone is 2. The molecule has 0 aliphatic heterocycles.